The Labute approximate surface area is 289 Å². The van der Waals surface area contributed by atoms with Crippen LogP contribution >= 0.6 is 30.5 Å². The number of hydrogen-bond acceptors (Lipinski definition) is 14. The number of rotatable bonds is 6. The molecule has 0 spiro atoms. The number of nitrogens with zero attached hydrogens (tertiary/aromatic N) is 10. The molecule has 0 fully saturated rings. The number of halogens is 6. The molecule has 48 heavy (non-hydrogen) atoms. The molecule has 0 bridgehead atoms. The zero-order valence-electron chi connectivity index (χ0n) is 25.4. The molecule has 4 heterocycles. The predicted octanol–water partition coefficient (Wildman–Crippen LogP) is 10.2. The summed E-state index contributed by atoms with van der Waals surface area (Å²) in [7, 11) is -10.7. The van der Waals surface area contributed by atoms with Gasteiger partial charge < -0.3 is 20.0 Å². The second kappa shape index (κ2) is 15.4. The summed E-state index contributed by atoms with van der Waals surface area (Å²) in [6.45, 7) is 8.20. The van der Waals surface area contributed by atoms with E-state index < -0.39 is 7.81 Å². The van der Waals surface area contributed by atoms with Gasteiger partial charge >= 0.3 is 33.0 Å². The number of anilines is 2. The molecule has 0 unspecified atom stereocenters. The minimum Gasteiger partial charge on any atom is 0 e. The van der Waals surface area contributed by atoms with Crippen molar-refractivity contribution in [3.05, 3.63) is 46.4 Å². The van der Waals surface area contributed by atoms with Crippen molar-refractivity contribution in [2.24, 2.45) is 20.5 Å². The van der Waals surface area contributed by atoms with Crippen molar-refractivity contribution in [2.45, 2.75) is 39.5 Å². The van der Waals surface area contributed by atoms with Crippen molar-refractivity contribution >= 4 is 63.5 Å². The Balaban J connectivity index is 0.000000215. The Hall–Kier alpha value is -3.52. The van der Waals surface area contributed by atoms with Gasteiger partial charge in [-0.25, -0.2) is 0 Å². The summed E-state index contributed by atoms with van der Waals surface area (Å²) in [5.74, 6) is 0.301. The van der Waals surface area contributed by atoms with Crippen LogP contribution in [0.25, 0.3) is 0 Å². The number of aromatic hydroxyl groups is 2. The quantitative estimate of drug-likeness (QED) is 0.112. The second-order valence-electron chi connectivity index (χ2n) is 10.1. The number of azo groups is 2. The molecular formula is C26H30CoF6N10O2PS2-. The van der Waals surface area contributed by atoms with E-state index in [4.69, 9.17) is 0 Å². The summed E-state index contributed by atoms with van der Waals surface area (Å²) in [6, 6.07) is 7.40. The van der Waals surface area contributed by atoms with Crippen molar-refractivity contribution in [3.63, 3.8) is 0 Å². The molecule has 0 amide bonds. The van der Waals surface area contributed by atoms with E-state index in [1.165, 1.54) is 33.8 Å². The monoisotopic (exact) mass is 782 g/mol. The van der Waals surface area contributed by atoms with Crippen molar-refractivity contribution in [3.8, 4) is 11.5 Å². The van der Waals surface area contributed by atoms with Crippen LogP contribution in [0.1, 0.15) is 37.8 Å². The Morgan fingerprint density at radius 1 is 0.688 bits per heavy atom. The van der Waals surface area contributed by atoms with E-state index in [-0.39, 0.29) is 28.3 Å². The van der Waals surface area contributed by atoms with Crippen molar-refractivity contribution < 1.29 is 52.2 Å². The third kappa shape index (κ3) is 12.5. The van der Waals surface area contributed by atoms with Gasteiger partial charge in [-0.3, -0.25) is 0 Å². The molecule has 2 N–H and O–H groups in total. The first-order chi connectivity index (χ1) is 22.0. The number of hydrogen-bond donors (Lipinski definition) is 2. The fourth-order valence-corrected chi connectivity index (χ4v) is 5.54. The molecule has 0 aliphatic carbocycles. The average Bonchev–Trinajstić information content (AvgIpc) is 3.72. The zero-order valence-corrected chi connectivity index (χ0v) is 28.9. The third-order valence-electron chi connectivity index (χ3n) is 6.73. The molecule has 2 aromatic heterocycles. The maximum absolute atomic E-state index is 10.7. The van der Waals surface area contributed by atoms with Crippen molar-refractivity contribution in [1.29, 1.82) is 0 Å². The fraction of sp³-hybridized carbons (Fsp3) is 0.385. The van der Waals surface area contributed by atoms with E-state index >= 15 is 0 Å². The molecular weight excluding hydrogens is 752 g/mol. The van der Waals surface area contributed by atoms with Gasteiger partial charge in [0.05, 0.1) is 0 Å². The summed E-state index contributed by atoms with van der Waals surface area (Å²) in [6.07, 6.45) is 4.26. The molecule has 6 rings (SSSR count). The van der Waals surface area contributed by atoms with E-state index in [1.54, 1.807) is 23.2 Å². The first-order valence-corrected chi connectivity index (χ1v) is 17.9. The molecule has 0 atom stereocenters. The van der Waals surface area contributed by atoms with E-state index in [1.807, 2.05) is 12.1 Å². The Bertz CT molecular complexity index is 1590. The first-order valence-electron chi connectivity index (χ1n) is 14.1. The minimum absolute atomic E-state index is 0. The van der Waals surface area contributed by atoms with Gasteiger partial charge in [0.2, 0.25) is 0 Å². The van der Waals surface area contributed by atoms with Crippen LogP contribution in [0.4, 0.5) is 58.2 Å². The minimum atomic E-state index is -10.7. The number of benzene rings is 2. The normalized spacial score (nSPS) is 15.7. The van der Waals surface area contributed by atoms with Gasteiger partial charge in [-0.2, -0.15) is 0 Å². The second-order valence-corrected chi connectivity index (χ2v) is 13.6. The summed E-state index contributed by atoms with van der Waals surface area (Å²) in [4.78, 5) is 4.54. The maximum atomic E-state index is 10.1. The van der Waals surface area contributed by atoms with Gasteiger partial charge in [0.25, 0.3) is 10.3 Å². The van der Waals surface area contributed by atoms with Gasteiger partial charge in [-0.1, -0.05) is 22.7 Å². The smallest absolute Gasteiger partial charge is 0 e. The summed E-state index contributed by atoms with van der Waals surface area (Å²) in [5, 5.41) is 52.2. The average molecular weight is 783 g/mol. The van der Waals surface area contributed by atoms with E-state index in [9.17, 15) is 35.4 Å². The van der Waals surface area contributed by atoms with Crippen LogP contribution in [-0.2, 0) is 29.6 Å². The van der Waals surface area contributed by atoms with Crippen molar-refractivity contribution in [1.82, 2.24) is 20.4 Å². The van der Waals surface area contributed by atoms with Gasteiger partial charge in [0.15, 0.2) is 0 Å². The largest absolute Gasteiger partial charge is 0 e. The summed E-state index contributed by atoms with van der Waals surface area (Å²) < 4.78 is 59.2. The van der Waals surface area contributed by atoms with Crippen LogP contribution in [0.2, 0.25) is 0 Å². The van der Waals surface area contributed by atoms with Crippen LogP contribution in [0.5, 0.6) is 11.5 Å². The molecule has 2 aliphatic heterocycles. The number of aryl methyl sites for hydroxylation is 2. The Kier molecular flexibility index (Phi) is 12.4. The summed E-state index contributed by atoms with van der Waals surface area (Å²) >= 11 is 2.62. The third-order valence-corrected chi connectivity index (χ3v) is 7.88. The molecule has 2 aromatic carbocycles. The maximum Gasteiger partial charge on any atom is 0 e. The Morgan fingerprint density at radius 2 is 1.06 bits per heavy atom. The van der Waals surface area contributed by atoms with E-state index in [0.29, 0.717) is 21.6 Å². The molecule has 4 aromatic rings. The number of phenolic OH excluding ortho intramolecular Hbond substituents is 2. The summed E-state index contributed by atoms with van der Waals surface area (Å²) in [5.41, 5.74) is 8.79. The van der Waals surface area contributed by atoms with Gasteiger partial charge in [0, 0.05) is 66.5 Å². The topological polar surface area (TPSA) is 148 Å². The molecule has 22 heteroatoms. The van der Waals surface area contributed by atoms with Crippen LogP contribution in [0.15, 0.2) is 55.7 Å². The molecule has 2 aliphatic rings. The first kappa shape index (κ1) is 38.9. The molecule has 0 saturated carbocycles. The van der Waals surface area contributed by atoms with Crippen LogP contribution in [-0.4, -0.2) is 56.8 Å². The van der Waals surface area contributed by atoms with Crippen LogP contribution in [0, 0.1) is 0 Å². The van der Waals surface area contributed by atoms with Gasteiger partial charge in [-0.15, -0.1) is 40.9 Å². The van der Waals surface area contributed by atoms with Crippen molar-refractivity contribution in [2.75, 3.05) is 36.0 Å². The number of aromatic nitrogens is 4. The standard InChI is InChI=1S/2C13H15N5OS.Co.F6P/c2*1-2-18-5-3-4-9-6-10(12(19)7-11(9)18)15-17-13-16-14-8-20-13;;1-7(2,3,4,5)6/h2*6-8,19H,2-5H2,1H3;;/q;;;-1. The van der Waals surface area contributed by atoms with Gasteiger partial charge in [0.1, 0.15) is 33.9 Å². The molecule has 265 valence electrons. The van der Waals surface area contributed by atoms with E-state index in [2.05, 4.69) is 64.5 Å². The molecule has 1 radical (unpaired) electrons. The predicted molar refractivity (Wildman–Crippen MR) is 170 cm³/mol. The van der Waals surface area contributed by atoms with Crippen LogP contribution in [0.3, 0.4) is 0 Å². The Morgan fingerprint density at radius 3 is 1.38 bits per heavy atom. The molecule has 0 saturated heterocycles. The fourth-order valence-electron chi connectivity index (χ4n) is 4.80. The zero-order chi connectivity index (χ0) is 34.3. The van der Waals surface area contributed by atoms with Crippen LogP contribution < -0.4 is 9.80 Å². The number of phenols is 2. The number of fused-ring (bicyclic) bond motifs is 2. The SMILES string of the molecule is CCN1CCCc2cc(N=Nc3nncs3)c(O)cc21.CCN1CCCc2cc(N=Nc3nncs3)c(O)cc21.F[P-](F)(F)(F)(F)F.[Co]. The molecule has 12 nitrogen and oxygen atoms in total. The van der Waals surface area contributed by atoms with Gasteiger partial charge in [-0.05, 0) is 62.8 Å². The van der Waals surface area contributed by atoms with E-state index in [0.717, 1.165) is 63.2 Å².